The molecule has 1 unspecified atom stereocenters. The summed E-state index contributed by atoms with van der Waals surface area (Å²) in [7, 11) is 2.39. The Morgan fingerprint density at radius 3 is 2.24 bits per heavy atom. The fourth-order valence-electron chi connectivity index (χ4n) is 4.46. The van der Waals surface area contributed by atoms with E-state index in [0.29, 0.717) is 17.7 Å². The van der Waals surface area contributed by atoms with Crippen LogP contribution in [0.3, 0.4) is 0 Å². The molecule has 2 heterocycles. The number of hydrogen-bond donors (Lipinski definition) is 1. The highest BCUT2D eigenvalue weighted by Crippen LogP contribution is 2.43. The number of rotatable bonds is 5. The van der Waals surface area contributed by atoms with E-state index in [-0.39, 0.29) is 41.6 Å². The van der Waals surface area contributed by atoms with Crippen LogP contribution in [0.2, 0.25) is 0 Å². The summed E-state index contributed by atoms with van der Waals surface area (Å²) in [5.74, 6) is -2.45. The maximum absolute atomic E-state index is 13.3. The largest absolute Gasteiger partial charge is 0.465 e. The van der Waals surface area contributed by atoms with E-state index in [0.717, 1.165) is 0 Å². The number of benzene rings is 2. The van der Waals surface area contributed by atoms with Crippen LogP contribution in [0.5, 0.6) is 0 Å². The fraction of sp³-hybridized carbons (Fsp3) is 0.292. The number of esters is 2. The zero-order chi connectivity index (χ0) is 24.6. The van der Waals surface area contributed by atoms with E-state index in [4.69, 9.17) is 9.47 Å². The molecule has 1 N–H and O–H groups in total. The van der Waals surface area contributed by atoms with Gasteiger partial charge in [-0.25, -0.2) is 9.59 Å². The van der Waals surface area contributed by atoms with Gasteiger partial charge in [0.1, 0.15) is 12.2 Å². The summed E-state index contributed by atoms with van der Waals surface area (Å²) >= 11 is 0. The van der Waals surface area contributed by atoms with Crippen LogP contribution in [0, 0.1) is 0 Å². The van der Waals surface area contributed by atoms with Gasteiger partial charge in [-0.05, 0) is 43.7 Å². The minimum absolute atomic E-state index is 0.0446. The van der Waals surface area contributed by atoms with Crippen LogP contribution in [-0.4, -0.2) is 61.0 Å². The number of nitrogens with one attached hydrogen (secondary N) is 1. The summed E-state index contributed by atoms with van der Waals surface area (Å²) in [5, 5.41) is 2.63. The molecule has 0 bridgehead atoms. The zero-order valence-electron chi connectivity index (χ0n) is 18.9. The summed E-state index contributed by atoms with van der Waals surface area (Å²) in [6.45, 7) is 1.41. The molecular weight excluding hydrogens is 442 g/mol. The highest BCUT2D eigenvalue weighted by atomic mass is 16.5. The van der Waals surface area contributed by atoms with Gasteiger partial charge in [-0.1, -0.05) is 12.1 Å². The van der Waals surface area contributed by atoms with Crippen molar-refractivity contribution >= 4 is 41.0 Å². The van der Waals surface area contributed by atoms with Crippen LogP contribution < -0.4 is 10.2 Å². The number of anilines is 2. The third kappa shape index (κ3) is 3.76. The summed E-state index contributed by atoms with van der Waals surface area (Å²) in [6.07, 6.45) is 0.628. The van der Waals surface area contributed by atoms with Crippen molar-refractivity contribution in [3.8, 4) is 0 Å². The van der Waals surface area contributed by atoms with E-state index < -0.39 is 23.5 Å². The third-order valence-electron chi connectivity index (χ3n) is 6.11. The highest BCUT2D eigenvalue weighted by molar-refractivity contribution is 6.11. The molecule has 176 valence electrons. The van der Waals surface area contributed by atoms with Crippen LogP contribution in [0.1, 0.15) is 50.8 Å². The number of nitrogens with zero attached hydrogens (tertiary/aromatic N) is 2. The van der Waals surface area contributed by atoms with Crippen molar-refractivity contribution in [2.75, 3.05) is 31.0 Å². The van der Waals surface area contributed by atoms with Crippen LogP contribution in [0.15, 0.2) is 42.5 Å². The summed E-state index contributed by atoms with van der Waals surface area (Å²) in [4.78, 5) is 66.0. The number of carbonyl (C=O) groups is 5. The molecule has 2 aromatic carbocycles. The first-order valence-corrected chi connectivity index (χ1v) is 10.5. The SMILES string of the molecule is COC(=O)c1cc(NC(=O)CN2C(=O)c3ccccc3N3C(=O)CCC23C)cc(C(=O)OC)c1. The first-order valence-electron chi connectivity index (χ1n) is 10.5. The zero-order valence-corrected chi connectivity index (χ0v) is 18.9. The van der Waals surface area contributed by atoms with Gasteiger partial charge >= 0.3 is 11.9 Å². The fourth-order valence-corrected chi connectivity index (χ4v) is 4.46. The van der Waals surface area contributed by atoms with Crippen LogP contribution in [0.4, 0.5) is 11.4 Å². The molecule has 2 aliphatic heterocycles. The normalized spacial score (nSPS) is 18.8. The maximum atomic E-state index is 13.3. The second kappa shape index (κ2) is 8.62. The van der Waals surface area contributed by atoms with Gasteiger partial charge in [0.25, 0.3) is 5.91 Å². The lowest BCUT2D eigenvalue weighted by atomic mass is 9.98. The molecule has 10 heteroatoms. The van der Waals surface area contributed by atoms with Crippen molar-refractivity contribution in [1.82, 2.24) is 4.90 Å². The molecule has 2 aliphatic rings. The number of ether oxygens (including phenoxy) is 2. The Labute approximate surface area is 195 Å². The molecule has 0 saturated carbocycles. The Balaban J connectivity index is 1.63. The summed E-state index contributed by atoms with van der Waals surface area (Å²) < 4.78 is 9.42. The summed E-state index contributed by atoms with van der Waals surface area (Å²) in [6, 6.07) is 10.8. The van der Waals surface area contributed by atoms with Gasteiger partial charge in [-0.3, -0.25) is 19.3 Å². The lowest BCUT2D eigenvalue weighted by Crippen LogP contribution is -2.63. The van der Waals surface area contributed by atoms with Crippen molar-refractivity contribution in [1.29, 1.82) is 0 Å². The van der Waals surface area contributed by atoms with Gasteiger partial charge in [-0.15, -0.1) is 0 Å². The number of carbonyl (C=O) groups excluding carboxylic acids is 5. The van der Waals surface area contributed by atoms with Crippen LogP contribution >= 0.6 is 0 Å². The Kier molecular flexibility index (Phi) is 5.82. The predicted octanol–water partition coefficient (Wildman–Crippen LogP) is 2.20. The lowest BCUT2D eigenvalue weighted by molar-refractivity contribution is -0.120. The molecule has 0 radical (unpaired) electrons. The molecule has 1 saturated heterocycles. The number of hydrogen-bond acceptors (Lipinski definition) is 7. The molecule has 4 rings (SSSR count). The predicted molar refractivity (Wildman–Crippen MR) is 120 cm³/mol. The van der Waals surface area contributed by atoms with Crippen LogP contribution in [-0.2, 0) is 19.1 Å². The van der Waals surface area contributed by atoms with E-state index in [1.54, 1.807) is 36.1 Å². The second-order valence-electron chi connectivity index (χ2n) is 8.18. The third-order valence-corrected chi connectivity index (χ3v) is 6.11. The number of para-hydroxylation sites is 1. The summed E-state index contributed by atoms with van der Waals surface area (Å²) in [5.41, 5.74) is 0.116. The van der Waals surface area contributed by atoms with E-state index in [1.807, 2.05) is 0 Å². The van der Waals surface area contributed by atoms with E-state index in [1.165, 1.54) is 37.3 Å². The van der Waals surface area contributed by atoms with Crippen molar-refractivity contribution < 1.29 is 33.4 Å². The van der Waals surface area contributed by atoms with Crippen molar-refractivity contribution in [3.05, 3.63) is 59.2 Å². The smallest absolute Gasteiger partial charge is 0.337 e. The van der Waals surface area contributed by atoms with Crippen LogP contribution in [0.25, 0.3) is 0 Å². The maximum Gasteiger partial charge on any atom is 0.337 e. The molecule has 2 aromatic rings. The monoisotopic (exact) mass is 465 g/mol. The Morgan fingerprint density at radius 2 is 1.62 bits per heavy atom. The molecule has 0 aromatic heterocycles. The number of amides is 3. The highest BCUT2D eigenvalue weighted by Gasteiger charge is 2.53. The first-order chi connectivity index (χ1) is 16.2. The molecular formula is C24H23N3O7. The lowest BCUT2D eigenvalue weighted by Gasteiger charge is -2.48. The molecule has 1 atom stereocenters. The van der Waals surface area contributed by atoms with Crippen molar-refractivity contribution in [2.45, 2.75) is 25.4 Å². The Morgan fingerprint density at radius 1 is 1.00 bits per heavy atom. The average molecular weight is 465 g/mol. The number of fused-ring (bicyclic) bond motifs is 3. The van der Waals surface area contributed by atoms with Gasteiger partial charge in [0.15, 0.2) is 0 Å². The molecule has 0 aliphatic carbocycles. The van der Waals surface area contributed by atoms with Gasteiger partial charge in [0.05, 0.1) is 36.6 Å². The van der Waals surface area contributed by atoms with Gasteiger partial charge in [0, 0.05) is 12.1 Å². The van der Waals surface area contributed by atoms with Gasteiger partial charge < -0.3 is 19.7 Å². The Hall–Kier alpha value is -4.21. The topological polar surface area (TPSA) is 122 Å². The molecule has 1 fully saturated rings. The quantitative estimate of drug-likeness (QED) is 0.672. The van der Waals surface area contributed by atoms with E-state index >= 15 is 0 Å². The van der Waals surface area contributed by atoms with Gasteiger partial charge in [0.2, 0.25) is 11.8 Å². The minimum atomic E-state index is -0.995. The van der Waals surface area contributed by atoms with Crippen molar-refractivity contribution in [2.24, 2.45) is 0 Å². The van der Waals surface area contributed by atoms with Crippen molar-refractivity contribution in [3.63, 3.8) is 0 Å². The van der Waals surface area contributed by atoms with E-state index in [9.17, 15) is 24.0 Å². The minimum Gasteiger partial charge on any atom is -0.465 e. The molecule has 10 nitrogen and oxygen atoms in total. The molecule has 3 amide bonds. The Bertz CT molecular complexity index is 1190. The second-order valence-corrected chi connectivity index (χ2v) is 8.18. The standard InChI is InChI=1S/C24H23N3O7/c1-24-9-8-20(29)27(24)18-7-5-4-6-17(18)21(30)26(24)13-19(28)25-16-11-14(22(31)33-2)10-15(12-16)23(32)34-3/h4-7,10-12H,8-9,13H2,1-3H3,(H,25,28). The average Bonchev–Trinajstić information content (AvgIpc) is 3.15. The number of methoxy groups -OCH3 is 2. The first kappa shape index (κ1) is 23.0. The van der Waals surface area contributed by atoms with E-state index in [2.05, 4.69) is 5.32 Å². The molecule has 0 spiro atoms. The van der Waals surface area contributed by atoms with Gasteiger partial charge in [-0.2, -0.15) is 0 Å². The molecule has 34 heavy (non-hydrogen) atoms.